The number of fused-ring (bicyclic) bond motifs is 3. The maximum absolute atomic E-state index is 12.3. The molecule has 3 fully saturated rings. The first-order valence-electron chi connectivity index (χ1n) is 6.09. The predicted octanol–water partition coefficient (Wildman–Crippen LogP) is 1.77. The molecule has 2 saturated heterocycles. The van der Waals surface area contributed by atoms with E-state index in [1.165, 1.54) is 19.3 Å². The van der Waals surface area contributed by atoms with Crippen molar-refractivity contribution in [3.63, 3.8) is 0 Å². The molecule has 84 valence electrons. The van der Waals surface area contributed by atoms with Gasteiger partial charge in [0.15, 0.2) is 0 Å². The van der Waals surface area contributed by atoms with Crippen LogP contribution in [0.1, 0.15) is 39.5 Å². The molecular formula is C12H19NO2. The van der Waals surface area contributed by atoms with Crippen LogP contribution < -0.4 is 0 Å². The molecule has 3 aliphatic rings. The molecule has 1 unspecified atom stereocenters. The molecule has 0 radical (unpaired) electrons. The van der Waals surface area contributed by atoms with Gasteiger partial charge in [-0.25, -0.2) is 0 Å². The number of amides is 1. The zero-order valence-electron chi connectivity index (χ0n) is 9.53. The van der Waals surface area contributed by atoms with Gasteiger partial charge in [0.1, 0.15) is 6.23 Å². The van der Waals surface area contributed by atoms with Crippen molar-refractivity contribution in [3.8, 4) is 0 Å². The molecule has 0 aromatic carbocycles. The van der Waals surface area contributed by atoms with Gasteiger partial charge in [0.05, 0.1) is 12.1 Å². The topological polar surface area (TPSA) is 29.5 Å². The standard InChI is InChI=1S/C12H19NO2/c1-8-13-11(14)9-5-3-4-6-10(9)12(13,2)7-15-8/h8-10H,3-7H2,1-2H3/t8-,9+,10?,12-/m0/s1. The summed E-state index contributed by atoms with van der Waals surface area (Å²) in [5.74, 6) is 1.20. The van der Waals surface area contributed by atoms with Crippen LogP contribution in [0, 0.1) is 11.8 Å². The highest BCUT2D eigenvalue weighted by molar-refractivity contribution is 5.83. The summed E-state index contributed by atoms with van der Waals surface area (Å²) in [4.78, 5) is 14.3. The number of ether oxygens (including phenoxy) is 1. The smallest absolute Gasteiger partial charge is 0.228 e. The van der Waals surface area contributed by atoms with Gasteiger partial charge in [-0.3, -0.25) is 4.79 Å². The van der Waals surface area contributed by atoms with E-state index in [4.69, 9.17) is 4.74 Å². The second-order valence-electron chi connectivity index (χ2n) is 5.47. The monoisotopic (exact) mass is 209 g/mol. The van der Waals surface area contributed by atoms with E-state index in [1.54, 1.807) is 0 Å². The third kappa shape index (κ3) is 1.07. The predicted molar refractivity (Wildman–Crippen MR) is 56.1 cm³/mol. The summed E-state index contributed by atoms with van der Waals surface area (Å²) < 4.78 is 5.65. The van der Waals surface area contributed by atoms with Gasteiger partial charge in [-0.05, 0) is 32.6 Å². The molecule has 0 aromatic rings. The van der Waals surface area contributed by atoms with Crippen LogP contribution in [0.3, 0.4) is 0 Å². The molecule has 15 heavy (non-hydrogen) atoms. The first-order valence-corrected chi connectivity index (χ1v) is 6.09. The lowest BCUT2D eigenvalue weighted by molar-refractivity contribution is -0.137. The van der Waals surface area contributed by atoms with Gasteiger partial charge in [-0.15, -0.1) is 0 Å². The van der Waals surface area contributed by atoms with Gasteiger partial charge < -0.3 is 9.64 Å². The van der Waals surface area contributed by atoms with Gasteiger partial charge in [0.2, 0.25) is 5.91 Å². The number of hydrogen-bond donors (Lipinski definition) is 0. The van der Waals surface area contributed by atoms with E-state index in [2.05, 4.69) is 6.92 Å². The van der Waals surface area contributed by atoms with Crippen LogP contribution in [0.25, 0.3) is 0 Å². The van der Waals surface area contributed by atoms with E-state index in [-0.39, 0.29) is 11.8 Å². The second-order valence-corrected chi connectivity index (χ2v) is 5.47. The molecule has 0 spiro atoms. The van der Waals surface area contributed by atoms with Crippen molar-refractivity contribution in [2.45, 2.75) is 51.3 Å². The van der Waals surface area contributed by atoms with Crippen LogP contribution in [-0.4, -0.2) is 29.2 Å². The Morgan fingerprint density at radius 2 is 2.13 bits per heavy atom. The van der Waals surface area contributed by atoms with Crippen molar-refractivity contribution in [2.75, 3.05) is 6.61 Å². The summed E-state index contributed by atoms with van der Waals surface area (Å²) in [6, 6.07) is 0. The summed E-state index contributed by atoms with van der Waals surface area (Å²) in [5, 5.41) is 0. The second kappa shape index (κ2) is 2.97. The lowest BCUT2D eigenvalue weighted by Crippen LogP contribution is -2.46. The SMILES string of the molecule is C[C@@H]1OC[C@@]2(C)C3CCCC[C@H]3C(=O)N12. The van der Waals surface area contributed by atoms with E-state index in [0.29, 0.717) is 17.7 Å². The van der Waals surface area contributed by atoms with Crippen LogP contribution in [-0.2, 0) is 9.53 Å². The molecule has 0 aromatic heterocycles. The van der Waals surface area contributed by atoms with E-state index in [1.807, 2.05) is 11.8 Å². The van der Waals surface area contributed by atoms with Crippen LogP contribution in [0.4, 0.5) is 0 Å². The first-order chi connectivity index (χ1) is 7.14. The number of carbonyl (C=O) groups excluding carboxylic acids is 1. The summed E-state index contributed by atoms with van der Waals surface area (Å²) in [6.07, 6.45) is 4.81. The molecule has 0 bridgehead atoms. The van der Waals surface area contributed by atoms with Crippen molar-refractivity contribution in [3.05, 3.63) is 0 Å². The Labute approximate surface area is 90.8 Å². The van der Waals surface area contributed by atoms with E-state index in [9.17, 15) is 4.79 Å². The summed E-state index contributed by atoms with van der Waals surface area (Å²) in [7, 11) is 0. The third-order valence-corrected chi connectivity index (χ3v) is 4.65. The number of rotatable bonds is 0. The summed E-state index contributed by atoms with van der Waals surface area (Å²) >= 11 is 0. The third-order valence-electron chi connectivity index (χ3n) is 4.65. The van der Waals surface area contributed by atoms with Gasteiger partial charge in [0, 0.05) is 5.92 Å². The van der Waals surface area contributed by atoms with Gasteiger partial charge in [-0.1, -0.05) is 12.8 Å². The fraction of sp³-hybridized carbons (Fsp3) is 0.917. The highest BCUT2D eigenvalue weighted by atomic mass is 16.5. The van der Waals surface area contributed by atoms with Gasteiger partial charge in [0.25, 0.3) is 0 Å². The fourth-order valence-corrected chi connectivity index (χ4v) is 3.91. The highest BCUT2D eigenvalue weighted by Crippen LogP contribution is 2.50. The van der Waals surface area contributed by atoms with Crippen molar-refractivity contribution in [1.82, 2.24) is 4.90 Å². The average molecular weight is 209 g/mol. The fourth-order valence-electron chi connectivity index (χ4n) is 3.91. The van der Waals surface area contributed by atoms with E-state index in [0.717, 1.165) is 13.0 Å². The van der Waals surface area contributed by atoms with Crippen LogP contribution in [0.15, 0.2) is 0 Å². The number of hydrogen-bond acceptors (Lipinski definition) is 2. The Kier molecular flexibility index (Phi) is 1.91. The van der Waals surface area contributed by atoms with Crippen molar-refractivity contribution < 1.29 is 9.53 Å². The Hall–Kier alpha value is -0.570. The zero-order valence-corrected chi connectivity index (χ0v) is 9.53. The largest absolute Gasteiger partial charge is 0.356 e. The van der Waals surface area contributed by atoms with Gasteiger partial charge in [-0.2, -0.15) is 0 Å². The minimum Gasteiger partial charge on any atom is -0.356 e. The Balaban J connectivity index is 1.99. The molecule has 1 saturated carbocycles. The normalized spacial score (nSPS) is 49.3. The highest BCUT2D eigenvalue weighted by Gasteiger charge is 2.60. The minimum absolute atomic E-state index is 0.00157. The molecular weight excluding hydrogens is 190 g/mol. The Bertz CT molecular complexity index is 304. The van der Waals surface area contributed by atoms with Gasteiger partial charge >= 0.3 is 0 Å². The van der Waals surface area contributed by atoms with Crippen LogP contribution in [0.5, 0.6) is 0 Å². The molecule has 0 N–H and O–H groups in total. The van der Waals surface area contributed by atoms with E-state index >= 15 is 0 Å². The van der Waals surface area contributed by atoms with Crippen molar-refractivity contribution >= 4 is 5.91 Å². The first kappa shape index (κ1) is 9.64. The lowest BCUT2D eigenvalue weighted by atomic mass is 9.73. The molecule has 3 rings (SSSR count). The minimum atomic E-state index is -0.00639. The Morgan fingerprint density at radius 3 is 2.93 bits per heavy atom. The lowest BCUT2D eigenvalue weighted by Gasteiger charge is -2.34. The summed E-state index contributed by atoms with van der Waals surface area (Å²) in [6.45, 7) is 4.95. The molecule has 2 heterocycles. The maximum Gasteiger partial charge on any atom is 0.228 e. The molecule has 3 nitrogen and oxygen atoms in total. The molecule has 1 aliphatic carbocycles. The number of nitrogens with zero attached hydrogens (tertiary/aromatic N) is 1. The molecule has 3 heteroatoms. The van der Waals surface area contributed by atoms with E-state index < -0.39 is 0 Å². The quantitative estimate of drug-likeness (QED) is 0.608. The van der Waals surface area contributed by atoms with Crippen molar-refractivity contribution in [2.24, 2.45) is 11.8 Å². The zero-order chi connectivity index (χ0) is 10.6. The van der Waals surface area contributed by atoms with Crippen LogP contribution >= 0.6 is 0 Å². The van der Waals surface area contributed by atoms with Crippen LogP contribution in [0.2, 0.25) is 0 Å². The summed E-state index contributed by atoms with van der Waals surface area (Å²) in [5.41, 5.74) is 0.00157. The molecule has 4 atom stereocenters. The Morgan fingerprint density at radius 1 is 1.40 bits per heavy atom. The average Bonchev–Trinajstić information content (AvgIpc) is 2.65. The maximum atomic E-state index is 12.3. The molecule has 2 aliphatic heterocycles. The molecule has 1 amide bonds. The number of carbonyl (C=O) groups is 1. The van der Waals surface area contributed by atoms with Crippen molar-refractivity contribution in [1.29, 1.82) is 0 Å².